The van der Waals surface area contributed by atoms with Crippen molar-refractivity contribution in [3.8, 4) is 0 Å². The third-order valence-electron chi connectivity index (χ3n) is 7.83. The van der Waals surface area contributed by atoms with E-state index in [2.05, 4.69) is 28.2 Å². The number of primary amides is 1. The van der Waals surface area contributed by atoms with E-state index in [1.165, 1.54) is 12.2 Å². The quantitative estimate of drug-likeness (QED) is 0.129. The minimum atomic E-state index is -1.22. The number of carbonyl (C=O) groups excluding carboxylic acids is 7. The van der Waals surface area contributed by atoms with Crippen LogP contribution >= 0.6 is 0 Å². The van der Waals surface area contributed by atoms with Gasteiger partial charge in [-0.1, -0.05) is 39.3 Å². The number of nitrogens with zero attached hydrogens (tertiary/aromatic N) is 2. The monoisotopic (exact) mass is 655 g/mol. The standard InChI is InChI=1S/C32H45N7O8/c1-20(2)28(37-25(40)7-5-4-6-15-39-26(41)12-13-27(39)42)30(44)36-24(17-34-31(33)45)29(43)35-23-10-8-22(9-11-23)19-47-32(46)38-16-14-21(3)18-38/h8-13,20-21,24,28H,4-7,14-19H2,1-3H3,(H,35,43)(H,36,44)(H,37,40)(H3,33,34,45)/t21-,24-,28-/m0/s1. The summed E-state index contributed by atoms with van der Waals surface area (Å²) in [5, 5.41) is 10.3. The second-order valence-corrected chi connectivity index (χ2v) is 12.1. The number of likely N-dealkylation sites (tertiary alicyclic amines) is 1. The molecule has 6 N–H and O–H groups in total. The van der Waals surface area contributed by atoms with E-state index in [4.69, 9.17) is 10.5 Å². The predicted molar refractivity (Wildman–Crippen MR) is 171 cm³/mol. The number of hydrogen-bond acceptors (Lipinski definition) is 8. The molecule has 0 bridgehead atoms. The number of ether oxygens (including phenoxy) is 1. The summed E-state index contributed by atoms with van der Waals surface area (Å²) in [6.07, 6.45) is 4.76. The Morgan fingerprint density at radius 2 is 1.64 bits per heavy atom. The van der Waals surface area contributed by atoms with Crippen molar-refractivity contribution in [3.63, 3.8) is 0 Å². The summed E-state index contributed by atoms with van der Waals surface area (Å²) in [7, 11) is 0. The first kappa shape index (κ1) is 36.5. The zero-order chi connectivity index (χ0) is 34.5. The maximum Gasteiger partial charge on any atom is 0.410 e. The van der Waals surface area contributed by atoms with Gasteiger partial charge in [0.05, 0.1) is 0 Å². The number of benzene rings is 1. The molecule has 0 unspecified atom stereocenters. The van der Waals surface area contributed by atoms with Gasteiger partial charge in [0, 0.05) is 50.4 Å². The van der Waals surface area contributed by atoms with Gasteiger partial charge in [-0.2, -0.15) is 0 Å². The van der Waals surface area contributed by atoms with Crippen molar-refractivity contribution < 1.29 is 38.3 Å². The molecule has 15 heteroatoms. The van der Waals surface area contributed by atoms with Crippen molar-refractivity contribution in [1.29, 1.82) is 0 Å². The van der Waals surface area contributed by atoms with Gasteiger partial charge in [-0.25, -0.2) is 9.59 Å². The van der Waals surface area contributed by atoms with Crippen LogP contribution < -0.4 is 27.0 Å². The minimum absolute atomic E-state index is 0.0692. The first-order chi connectivity index (χ1) is 22.3. The van der Waals surface area contributed by atoms with E-state index in [-0.39, 0.29) is 55.8 Å². The van der Waals surface area contributed by atoms with E-state index >= 15 is 0 Å². The number of nitrogens with one attached hydrogen (secondary N) is 4. The molecule has 2 aliphatic heterocycles. The molecule has 2 aliphatic rings. The molecule has 0 spiro atoms. The van der Waals surface area contributed by atoms with Crippen LogP contribution in [0.15, 0.2) is 36.4 Å². The van der Waals surface area contributed by atoms with Crippen molar-refractivity contribution in [2.75, 3.05) is 31.5 Å². The van der Waals surface area contributed by atoms with Gasteiger partial charge in [0.2, 0.25) is 17.7 Å². The molecule has 47 heavy (non-hydrogen) atoms. The molecule has 0 aromatic heterocycles. The first-order valence-electron chi connectivity index (χ1n) is 15.8. The summed E-state index contributed by atoms with van der Waals surface area (Å²) in [6.45, 7) is 6.94. The van der Waals surface area contributed by atoms with Crippen LogP contribution in [0.25, 0.3) is 0 Å². The van der Waals surface area contributed by atoms with Crippen LogP contribution in [-0.4, -0.2) is 89.7 Å². The van der Waals surface area contributed by atoms with Gasteiger partial charge < -0.3 is 36.6 Å². The van der Waals surface area contributed by atoms with Crippen molar-refractivity contribution in [2.45, 2.75) is 71.6 Å². The number of amides is 8. The van der Waals surface area contributed by atoms with Gasteiger partial charge in [-0.15, -0.1) is 0 Å². The zero-order valence-electron chi connectivity index (χ0n) is 27.1. The summed E-state index contributed by atoms with van der Waals surface area (Å²) in [5.41, 5.74) is 6.32. The Kier molecular flexibility index (Phi) is 13.7. The SMILES string of the molecule is CC(C)[C@H](NC(=O)CCCCCN1C(=O)C=CC1=O)C(=O)N[C@@H](CNC(N)=O)C(=O)Nc1ccc(COC(=O)N2CC[C@H](C)C2)cc1. The highest BCUT2D eigenvalue weighted by molar-refractivity contribution is 6.12. The molecule has 3 atom stereocenters. The van der Waals surface area contributed by atoms with E-state index in [1.54, 1.807) is 43.0 Å². The number of imide groups is 1. The Labute approximate surface area is 274 Å². The van der Waals surface area contributed by atoms with Gasteiger partial charge in [0.1, 0.15) is 18.7 Å². The smallest absolute Gasteiger partial charge is 0.410 e. The minimum Gasteiger partial charge on any atom is -0.445 e. The number of urea groups is 1. The average molecular weight is 656 g/mol. The lowest BCUT2D eigenvalue weighted by Gasteiger charge is -2.25. The second kappa shape index (κ2) is 17.7. The van der Waals surface area contributed by atoms with Crippen molar-refractivity contribution in [3.05, 3.63) is 42.0 Å². The number of nitrogens with two attached hydrogens (primary N) is 1. The fourth-order valence-corrected chi connectivity index (χ4v) is 5.09. The third-order valence-corrected chi connectivity index (χ3v) is 7.83. The van der Waals surface area contributed by atoms with Gasteiger partial charge in [0.15, 0.2) is 0 Å². The van der Waals surface area contributed by atoms with E-state index in [0.717, 1.165) is 11.3 Å². The van der Waals surface area contributed by atoms with Gasteiger partial charge >= 0.3 is 12.1 Å². The summed E-state index contributed by atoms with van der Waals surface area (Å²) in [6, 6.07) is 3.55. The van der Waals surface area contributed by atoms with E-state index < -0.39 is 29.9 Å². The molecule has 15 nitrogen and oxygen atoms in total. The van der Waals surface area contributed by atoms with Crippen LogP contribution in [0.2, 0.25) is 0 Å². The molecule has 1 aromatic carbocycles. The van der Waals surface area contributed by atoms with Crippen molar-refractivity contribution in [2.24, 2.45) is 17.6 Å². The second-order valence-electron chi connectivity index (χ2n) is 12.1. The lowest BCUT2D eigenvalue weighted by Crippen LogP contribution is -2.57. The highest BCUT2D eigenvalue weighted by Crippen LogP contribution is 2.17. The van der Waals surface area contributed by atoms with Crippen molar-refractivity contribution >= 4 is 47.3 Å². The number of carbonyl (C=O) groups is 7. The predicted octanol–water partition coefficient (Wildman–Crippen LogP) is 1.38. The largest absolute Gasteiger partial charge is 0.445 e. The van der Waals surface area contributed by atoms with Gasteiger partial charge in [-0.3, -0.25) is 28.9 Å². The van der Waals surface area contributed by atoms with Crippen LogP contribution in [-0.2, 0) is 35.3 Å². The third kappa shape index (κ3) is 11.7. The molecular weight excluding hydrogens is 610 g/mol. The Bertz CT molecular complexity index is 1330. The highest BCUT2D eigenvalue weighted by Gasteiger charge is 2.29. The number of hydrogen-bond donors (Lipinski definition) is 5. The van der Waals surface area contributed by atoms with Crippen LogP contribution in [0.4, 0.5) is 15.3 Å². The molecule has 0 aliphatic carbocycles. The Morgan fingerprint density at radius 3 is 2.23 bits per heavy atom. The van der Waals surface area contributed by atoms with Crippen LogP contribution in [0.1, 0.15) is 58.4 Å². The zero-order valence-corrected chi connectivity index (χ0v) is 27.1. The normalized spacial score (nSPS) is 17.0. The number of unbranched alkanes of at least 4 members (excludes halogenated alkanes) is 2. The molecular formula is C32H45N7O8. The Hall–Kier alpha value is -4.95. The van der Waals surface area contributed by atoms with Crippen LogP contribution in [0.5, 0.6) is 0 Å². The molecule has 8 amide bonds. The van der Waals surface area contributed by atoms with Crippen LogP contribution in [0.3, 0.4) is 0 Å². The first-order valence-corrected chi connectivity index (χ1v) is 15.8. The number of anilines is 1. The lowest BCUT2D eigenvalue weighted by molar-refractivity contribution is -0.137. The maximum atomic E-state index is 13.2. The summed E-state index contributed by atoms with van der Waals surface area (Å²) in [4.78, 5) is 88.8. The lowest BCUT2D eigenvalue weighted by atomic mass is 10.0. The molecule has 2 heterocycles. The van der Waals surface area contributed by atoms with E-state index in [9.17, 15) is 33.6 Å². The molecule has 256 valence electrons. The average Bonchev–Trinajstić information content (AvgIpc) is 3.60. The molecule has 0 radical (unpaired) electrons. The molecule has 0 saturated carbocycles. The van der Waals surface area contributed by atoms with Gasteiger partial charge in [-0.05, 0) is 48.8 Å². The molecule has 1 fully saturated rings. The topological polar surface area (TPSA) is 209 Å². The summed E-state index contributed by atoms with van der Waals surface area (Å²) < 4.78 is 5.39. The summed E-state index contributed by atoms with van der Waals surface area (Å²) in [5.74, 6) is -2.21. The van der Waals surface area contributed by atoms with E-state index in [1.807, 2.05) is 0 Å². The Balaban J connectivity index is 1.49. The number of rotatable bonds is 16. The van der Waals surface area contributed by atoms with E-state index in [0.29, 0.717) is 49.5 Å². The Morgan fingerprint density at radius 1 is 0.957 bits per heavy atom. The maximum absolute atomic E-state index is 13.2. The van der Waals surface area contributed by atoms with Crippen LogP contribution in [0, 0.1) is 11.8 Å². The summed E-state index contributed by atoms with van der Waals surface area (Å²) >= 11 is 0. The molecule has 1 aromatic rings. The van der Waals surface area contributed by atoms with Crippen molar-refractivity contribution in [1.82, 2.24) is 25.8 Å². The highest BCUT2D eigenvalue weighted by atomic mass is 16.6. The molecule has 1 saturated heterocycles. The van der Waals surface area contributed by atoms with Gasteiger partial charge in [0.25, 0.3) is 11.8 Å². The fraction of sp³-hybridized carbons (Fsp3) is 0.531. The fourth-order valence-electron chi connectivity index (χ4n) is 5.09. The molecule has 3 rings (SSSR count).